The molecule has 5 nitrogen and oxygen atoms in total. The summed E-state index contributed by atoms with van der Waals surface area (Å²) in [6, 6.07) is 15.3. The molecule has 5 heteroatoms. The van der Waals surface area contributed by atoms with Crippen LogP contribution in [-0.2, 0) is 11.3 Å². The van der Waals surface area contributed by atoms with Gasteiger partial charge in [-0.1, -0.05) is 30.3 Å². The standard InChI is InChI=1S/C18H18N2O3/c1-22-17-9-13(19)8-15-14(17)10-16(18(21)23-2)20(15)11-12-6-4-3-5-7-12/h3-10H,11,19H2,1-2H3. The van der Waals surface area contributed by atoms with Crippen LogP contribution >= 0.6 is 0 Å². The zero-order valence-corrected chi connectivity index (χ0v) is 13.1. The van der Waals surface area contributed by atoms with Gasteiger partial charge in [-0.3, -0.25) is 0 Å². The van der Waals surface area contributed by atoms with Crippen LogP contribution in [0.1, 0.15) is 16.1 Å². The maximum atomic E-state index is 12.2. The Morgan fingerprint density at radius 3 is 2.52 bits per heavy atom. The topological polar surface area (TPSA) is 66.5 Å². The number of ether oxygens (including phenoxy) is 2. The van der Waals surface area contributed by atoms with Crippen LogP contribution in [0.3, 0.4) is 0 Å². The van der Waals surface area contributed by atoms with E-state index in [4.69, 9.17) is 15.2 Å². The lowest BCUT2D eigenvalue weighted by Gasteiger charge is -2.11. The zero-order chi connectivity index (χ0) is 16.4. The van der Waals surface area contributed by atoms with Gasteiger partial charge in [0.15, 0.2) is 0 Å². The number of esters is 1. The second kappa shape index (κ2) is 6.04. The zero-order valence-electron chi connectivity index (χ0n) is 13.1. The molecule has 0 unspecified atom stereocenters. The predicted octanol–water partition coefficient (Wildman–Crippen LogP) is 3.07. The average molecular weight is 310 g/mol. The van der Waals surface area contributed by atoms with Crippen LogP contribution in [0.2, 0.25) is 0 Å². The van der Waals surface area contributed by atoms with Gasteiger partial charge in [0, 0.05) is 23.7 Å². The molecule has 0 saturated heterocycles. The van der Waals surface area contributed by atoms with Gasteiger partial charge in [0.2, 0.25) is 0 Å². The van der Waals surface area contributed by atoms with Crippen molar-refractivity contribution in [3.8, 4) is 5.75 Å². The van der Waals surface area contributed by atoms with Gasteiger partial charge in [-0.25, -0.2) is 4.79 Å². The molecule has 0 bridgehead atoms. The molecule has 2 N–H and O–H groups in total. The van der Waals surface area contributed by atoms with E-state index >= 15 is 0 Å². The van der Waals surface area contributed by atoms with Gasteiger partial charge in [-0.15, -0.1) is 0 Å². The van der Waals surface area contributed by atoms with Crippen molar-refractivity contribution in [1.82, 2.24) is 4.57 Å². The van der Waals surface area contributed by atoms with E-state index in [1.165, 1.54) is 7.11 Å². The molecule has 0 fully saturated rings. The van der Waals surface area contributed by atoms with Gasteiger partial charge < -0.3 is 19.8 Å². The Hall–Kier alpha value is -2.95. The van der Waals surface area contributed by atoms with E-state index in [-0.39, 0.29) is 0 Å². The highest BCUT2D eigenvalue weighted by Gasteiger charge is 2.19. The first-order valence-corrected chi connectivity index (χ1v) is 7.23. The number of nitrogens with two attached hydrogens (primary N) is 1. The number of benzene rings is 2. The van der Waals surface area contributed by atoms with Gasteiger partial charge in [-0.2, -0.15) is 0 Å². The maximum Gasteiger partial charge on any atom is 0.354 e. The molecule has 3 rings (SSSR count). The highest BCUT2D eigenvalue weighted by molar-refractivity contribution is 5.99. The van der Waals surface area contributed by atoms with E-state index in [9.17, 15) is 4.79 Å². The normalized spacial score (nSPS) is 10.7. The molecule has 0 saturated carbocycles. The molecule has 0 atom stereocenters. The molecule has 0 amide bonds. The molecular formula is C18H18N2O3. The summed E-state index contributed by atoms with van der Waals surface area (Å²) in [4.78, 5) is 12.2. The van der Waals surface area contributed by atoms with Crippen LogP contribution in [-0.4, -0.2) is 24.8 Å². The molecule has 1 heterocycles. The summed E-state index contributed by atoms with van der Waals surface area (Å²) < 4.78 is 12.2. The van der Waals surface area contributed by atoms with E-state index in [0.717, 1.165) is 16.5 Å². The minimum Gasteiger partial charge on any atom is -0.496 e. The van der Waals surface area contributed by atoms with Crippen LogP contribution in [0.5, 0.6) is 5.75 Å². The van der Waals surface area contributed by atoms with Crippen molar-refractivity contribution in [2.45, 2.75) is 6.54 Å². The third-order valence-corrected chi connectivity index (χ3v) is 3.80. The summed E-state index contributed by atoms with van der Waals surface area (Å²) in [7, 11) is 2.96. The quantitative estimate of drug-likeness (QED) is 0.594. The summed E-state index contributed by atoms with van der Waals surface area (Å²) in [6.45, 7) is 0.543. The molecular weight excluding hydrogens is 292 g/mol. The monoisotopic (exact) mass is 310 g/mol. The molecule has 0 aliphatic heterocycles. The second-order valence-corrected chi connectivity index (χ2v) is 5.25. The molecule has 0 aliphatic rings. The smallest absolute Gasteiger partial charge is 0.354 e. The fourth-order valence-electron chi connectivity index (χ4n) is 2.72. The SMILES string of the molecule is COC(=O)c1cc2c(OC)cc(N)cc2n1Cc1ccccc1. The van der Waals surface area contributed by atoms with E-state index in [2.05, 4.69) is 0 Å². The number of carbonyl (C=O) groups is 1. The molecule has 0 aliphatic carbocycles. The van der Waals surface area contributed by atoms with Crippen molar-refractivity contribution in [1.29, 1.82) is 0 Å². The van der Waals surface area contributed by atoms with Crippen molar-refractivity contribution in [2.75, 3.05) is 20.0 Å². The van der Waals surface area contributed by atoms with Gasteiger partial charge in [0.05, 0.1) is 19.7 Å². The van der Waals surface area contributed by atoms with Crippen LogP contribution in [0.4, 0.5) is 5.69 Å². The van der Waals surface area contributed by atoms with E-state index in [1.54, 1.807) is 19.2 Å². The lowest BCUT2D eigenvalue weighted by atomic mass is 10.2. The largest absolute Gasteiger partial charge is 0.496 e. The Labute approximate surface area is 134 Å². The maximum absolute atomic E-state index is 12.2. The number of carbonyl (C=O) groups excluding carboxylic acids is 1. The Morgan fingerprint density at radius 1 is 1.13 bits per heavy atom. The van der Waals surface area contributed by atoms with E-state index in [0.29, 0.717) is 23.7 Å². The number of anilines is 1. The highest BCUT2D eigenvalue weighted by Crippen LogP contribution is 2.32. The minimum atomic E-state index is -0.391. The van der Waals surface area contributed by atoms with Crippen molar-refractivity contribution >= 4 is 22.6 Å². The summed E-state index contributed by atoms with van der Waals surface area (Å²) in [5, 5.41) is 0.832. The Kier molecular flexibility index (Phi) is 3.93. The number of fused-ring (bicyclic) bond motifs is 1. The summed E-state index contributed by atoms with van der Waals surface area (Å²) in [5.41, 5.74) is 8.94. The Morgan fingerprint density at radius 2 is 1.87 bits per heavy atom. The van der Waals surface area contributed by atoms with Crippen LogP contribution < -0.4 is 10.5 Å². The van der Waals surface area contributed by atoms with E-state index in [1.807, 2.05) is 41.0 Å². The lowest BCUT2D eigenvalue weighted by Crippen LogP contribution is -2.11. The number of rotatable bonds is 4. The Balaban J connectivity index is 2.23. The van der Waals surface area contributed by atoms with Gasteiger partial charge in [0.25, 0.3) is 0 Å². The second-order valence-electron chi connectivity index (χ2n) is 5.25. The third-order valence-electron chi connectivity index (χ3n) is 3.80. The van der Waals surface area contributed by atoms with Gasteiger partial charge in [0.1, 0.15) is 11.4 Å². The molecule has 1 aromatic heterocycles. The molecule has 118 valence electrons. The number of nitrogen functional groups attached to an aromatic ring is 1. The van der Waals surface area contributed by atoms with Crippen molar-refractivity contribution in [2.24, 2.45) is 0 Å². The average Bonchev–Trinajstić information content (AvgIpc) is 2.93. The molecule has 23 heavy (non-hydrogen) atoms. The van der Waals surface area contributed by atoms with Gasteiger partial charge in [-0.05, 0) is 17.7 Å². The molecule has 0 radical (unpaired) electrons. The number of aromatic nitrogens is 1. The molecule has 3 aromatic rings. The summed E-state index contributed by atoms with van der Waals surface area (Å²) in [6.07, 6.45) is 0. The summed E-state index contributed by atoms with van der Waals surface area (Å²) >= 11 is 0. The molecule has 2 aromatic carbocycles. The number of methoxy groups -OCH3 is 2. The summed E-state index contributed by atoms with van der Waals surface area (Å²) in [5.74, 6) is 0.245. The van der Waals surface area contributed by atoms with Crippen molar-refractivity contribution in [3.05, 3.63) is 59.8 Å². The number of hydrogen-bond donors (Lipinski definition) is 1. The van der Waals surface area contributed by atoms with Gasteiger partial charge >= 0.3 is 5.97 Å². The first kappa shape index (κ1) is 15.0. The fourth-order valence-corrected chi connectivity index (χ4v) is 2.72. The van der Waals surface area contributed by atoms with Crippen LogP contribution in [0.25, 0.3) is 10.9 Å². The first-order valence-electron chi connectivity index (χ1n) is 7.23. The van der Waals surface area contributed by atoms with Crippen LogP contribution in [0, 0.1) is 0 Å². The van der Waals surface area contributed by atoms with Crippen molar-refractivity contribution in [3.63, 3.8) is 0 Å². The molecule has 0 spiro atoms. The van der Waals surface area contributed by atoms with Crippen molar-refractivity contribution < 1.29 is 14.3 Å². The Bertz CT molecular complexity index is 854. The first-order chi connectivity index (χ1) is 11.1. The van der Waals surface area contributed by atoms with Crippen LogP contribution in [0.15, 0.2) is 48.5 Å². The third kappa shape index (κ3) is 2.73. The number of hydrogen-bond acceptors (Lipinski definition) is 4. The van der Waals surface area contributed by atoms with E-state index < -0.39 is 5.97 Å². The highest BCUT2D eigenvalue weighted by atomic mass is 16.5. The lowest BCUT2D eigenvalue weighted by molar-refractivity contribution is 0.0589. The number of nitrogens with zero attached hydrogens (tertiary/aromatic N) is 1. The fraction of sp³-hybridized carbons (Fsp3) is 0.167. The predicted molar refractivity (Wildman–Crippen MR) is 89.8 cm³/mol. The minimum absolute atomic E-state index is 0.391.